The molecule has 0 spiro atoms. The number of sulfonamides is 1. The highest BCUT2D eigenvalue weighted by atomic mass is 35.5. The van der Waals surface area contributed by atoms with Crippen LogP contribution in [0.2, 0.25) is 10.0 Å². The van der Waals surface area contributed by atoms with Crippen LogP contribution in [0.15, 0.2) is 23.1 Å². The Balaban J connectivity index is 2.57. The zero-order valence-electron chi connectivity index (χ0n) is 11.5. The third-order valence-electron chi connectivity index (χ3n) is 3.59. The Morgan fingerprint density at radius 3 is 2.29 bits per heavy atom. The summed E-state index contributed by atoms with van der Waals surface area (Å²) in [7, 11) is -4.00. The minimum atomic E-state index is -4.00. The van der Waals surface area contributed by atoms with Crippen LogP contribution in [-0.2, 0) is 14.8 Å². The van der Waals surface area contributed by atoms with Gasteiger partial charge in [-0.1, -0.05) is 23.2 Å². The maximum absolute atomic E-state index is 12.8. The minimum Gasteiger partial charge on any atom is -0.480 e. The number of carbonyl (C=O) groups is 1. The highest BCUT2D eigenvalue weighted by Gasteiger charge is 2.50. The van der Waals surface area contributed by atoms with Gasteiger partial charge in [-0.25, -0.2) is 8.42 Å². The van der Waals surface area contributed by atoms with Crippen LogP contribution in [0, 0.1) is 0 Å². The van der Waals surface area contributed by atoms with Crippen molar-refractivity contribution in [2.45, 2.75) is 43.2 Å². The summed E-state index contributed by atoms with van der Waals surface area (Å²) in [5, 5.41) is 9.65. The largest absolute Gasteiger partial charge is 0.480 e. The molecule has 1 saturated heterocycles. The number of benzene rings is 1. The summed E-state index contributed by atoms with van der Waals surface area (Å²) in [4.78, 5) is 11.3. The molecule has 0 radical (unpaired) electrons. The maximum atomic E-state index is 12.8. The van der Waals surface area contributed by atoms with Crippen molar-refractivity contribution in [2.24, 2.45) is 0 Å². The molecule has 1 heterocycles. The van der Waals surface area contributed by atoms with E-state index in [1.807, 2.05) is 0 Å². The molecule has 2 rings (SSSR count). The molecule has 0 amide bonds. The number of aliphatic carboxylic acids is 1. The predicted molar refractivity (Wildman–Crippen MR) is 80.2 cm³/mol. The zero-order valence-corrected chi connectivity index (χ0v) is 13.8. The zero-order chi connectivity index (χ0) is 16.0. The van der Waals surface area contributed by atoms with Crippen molar-refractivity contribution < 1.29 is 18.3 Å². The van der Waals surface area contributed by atoms with Crippen molar-refractivity contribution in [3.8, 4) is 0 Å². The van der Waals surface area contributed by atoms with Gasteiger partial charge in [0, 0.05) is 15.6 Å². The van der Waals surface area contributed by atoms with Crippen LogP contribution < -0.4 is 0 Å². The summed E-state index contributed by atoms with van der Waals surface area (Å²) in [6.07, 6.45) is 0.743. The van der Waals surface area contributed by atoms with E-state index >= 15 is 0 Å². The van der Waals surface area contributed by atoms with Gasteiger partial charge in [-0.2, -0.15) is 4.31 Å². The lowest BCUT2D eigenvalue weighted by Crippen LogP contribution is -2.49. The number of nitrogens with zero attached hydrogens (tertiary/aromatic N) is 1. The normalized spacial score (nSPS) is 22.4. The molecule has 21 heavy (non-hydrogen) atoms. The lowest BCUT2D eigenvalue weighted by atomic mass is 10.0. The first kappa shape index (κ1) is 16.5. The van der Waals surface area contributed by atoms with Crippen LogP contribution in [0.4, 0.5) is 0 Å². The van der Waals surface area contributed by atoms with Gasteiger partial charge < -0.3 is 5.11 Å². The van der Waals surface area contributed by atoms with E-state index in [9.17, 15) is 18.3 Å². The second-order valence-corrected chi connectivity index (χ2v) is 8.30. The molecule has 1 atom stereocenters. The second-order valence-electron chi connectivity index (χ2n) is 5.61. The van der Waals surface area contributed by atoms with Crippen molar-refractivity contribution in [3.63, 3.8) is 0 Å². The lowest BCUT2D eigenvalue weighted by molar-refractivity contribution is -0.141. The van der Waals surface area contributed by atoms with E-state index in [0.717, 1.165) is 4.31 Å². The molecule has 0 saturated carbocycles. The Bertz CT molecular complexity index is 667. The number of carboxylic acid groups (broad SMARTS) is 1. The summed E-state index contributed by atoms with van der Waals surface area (Å²) < 4.78 is 26.7. The maximum Gasteiger partial charge on any atom is 0.322 e. The third-order valence-corrected chi connectivity index (χ3v) is 6.12. The average Bonchev–Trinajstić information content (AvgIpc) is 2.64. The van der Waals surface area contributed by atoms with Gasteiger partial charge in [-0.05, 0) is 44.9 Å². The van der Waals surface area contributed by atoms with E-state index < -0.39 is 27.6 Å². The van der Waals surface area contributed by atoms with Crippen LogP contribution >= 0.6 is 23.2 Å². The molecule has 1 aromatic carbocycles. The predicted octanol–water partition coefficient (Wildman–Crippen LogP) is 3.01. The quantitative estimate of drug-likeness (QED) is 0.907. The number of carboxylic acids is 1. The smallest absolute Gasteiger partial charge is 0.322 e. The standard InChI is InChI=1S/C13H15Cl2NO4S/c1-13(2)4-3-11(12(17)18)16(13)21(19,20)10-6-8(14)5-9(15)7-10/h5-7,11H,3-4H2,1-2H3,(H,17,18). The molecule has 1 aliphatic heterocycles. The Morgan fingerprint density at radius 1 is 1.29 bits per heavy atom. The fraction of sp³-hybridized carbons (Fsp3) is 0.462. The van der Waals surface area contributed by atoms with Crippen molar-refractivity contribution in [3.05, 3.63) is 28.2 Å². The average molecular weight is 352 g/mol. The number of rotatable bonds is 3. The van der Waals surface area contributed by atoms with Crippen LogP contribution in [0.25, 0.3) is 0 Å². The van der Waals surface area contributed by atoms with Gasteiger partial charge in [0.2, 0.25) is 10.0 Å². The topological polar surface area (TPSA) is 74.7 Å². The first-order valence-corrected chi connectivity index (χ1v) is 8.49. The van der Waals surface area contributed by atoms with E-state index in [-0.39, 0.29) is 21.4 Å². The molecular formula is C13H15Cl2NO4S. The molecule has 1 N–H and O–H groups in total. The molecule has 0 aliphatic carbocycles. The third kappa shape index (κ3) is 3.04. The van der Waals surface area contributed by atoms with Crippen molar-refractivity contribution in [2.75, 3.05) is 0 Å². The minimum absolute atomic E-state index is 0.0961. The monoisotopic (exact) mass is 351 g/mol. The molecule has 1 aromatic rings. The van der Waals surface area contributed by atoms with Crippen LogP contribution in [0.1, 0.15) is 26.7 Å². The Labute approximate surface area is 133 Å². The highest BCUT2D eigenvalue weighted by molar-refractivity contribution is 7.89. The van der Waals surface area contributed by atoms with Crippen molar-refractivity contribution in [1.29, 1.82) is 0 Å². The summed E-state index contributed by atoms with van der Waals surface area (Å²) >= 11 is 11.7. The summed E-state index contributed by atoms with van der Waals surface area (Å²) in [5.74, 6) is -1.16. The van der Waals surface area contributed by atoms with E-state index in [4.69, 9.17) is 23.2 Å². The molecule has 1 fully saturated rings. The molecule has 116 valence electrons. The summed E-state index contributed by atoms with van der Waals surface area (Å²) in [6.45, 7) is 3.42. The lowest BCUT2D eigenvalue weighted by Gasteiger charge is -2.33. The van der Waals surface area contributed by atoms with Gasteiger partial charge in [0.15, 0.2) is 0 Å². The molecular weight excluding hydrogens is 337 g/mol. The first-order valence-electron chi connectivity index (χ1n) is 6.29. The second kappa shape index (κ2) is 5.43. The number of hydrogen-bond acceptors (Lipinski definition) is 3. The van der Waals surface area contributed by atoms with E-state index in [0.29, 0.717) is 6.42 Å². The van der Waals surface area contributed by atoms with E-state index in [1.54, 1.807) is 13.8 Å². The van der Waals surface area contributed by atoms with Gasteiger partial charge in [-0.3, -0.25) is 4.79 Å². The first-order chi connectivity index (χ1) is 9.55. The van der Waals surface area contributed by atoms with Gasteiger partial charge in [0.25, 0.3) is 0 Å². The van der Waals surface area contributed by atoms with Crippen LogP contribution in [0.5, 0.6) is 0 Å². The fourth-order valence-corrected chi connectivity index (χ4v) is 5.35. The molecule has 5 nitrogen and oxygen atoms in total. The van der Waals surface area contributed by atoms with Crippen LogP contribution in [0.3, 0.4) is 0 Å². The molecule has 0 aromatic heterocycles. The van der Waals surface area contributed by atoms with Gasteiger partial charge in [-0.15, -0.1) is 0 Å². The molecule has 0 bridgehead atoms. The van der Waals surface area contributed by atoms with Crippen molar-refractivity contribution >= 4 is 39.2 Å². The SMILES string of the molecule is CC1(C)CCC(C(=O)O)N1S(=O)(=O)c1cc(Cl)cc(Cl)c1. The Kier molecular flexibility index (Phi) is 4.28. The van der Waals surface area contributed by atoms with Gasteiger partial charge >= 0.3 is 5.97 Å². The fourth-order valence-electron chi connectivity index (χ4n) is 2.65. The summed E-state index contributed by atoms with van der Waals surface area (Å²) in [5.41, 5.74) is -0.781. The summed E-state index contributed by atoms with van der Waals surface area (Å²) in [6, 6.07) is 2.89. The van der Waals surface area contributed by atoms with Gasteiger partial charge in [0.05, 0.1) is 4.90 Å². The van der Waals surface area contributed by atoms with E-state index in [1.165, 1.54) is 18.2 Å². The highest BCUT2D eigenvalue weighted by Crippen LogP contribution is 2.39. The van der Waals surface area contributed by atoms with Gasteiger partial charge in [0.1, 0.15) is 6.04 Å². The number of halogens is 2. The van der Waals surface area contributed by atoms with Crippen LogP contribution in [-0.4, -0.2) is 35.4 Å². The molecule has 1 unspecified atom stereocenters. The van der Waals surface area contributed by atoms with Crippen molar-refractivity contribution in [1.82, 2.24) is 4.31 Å². The molecule has 1 aliphatic rings. The number of hydrogen-bond donors (Lipinski definition) is 1. The Morgan fingerprint density at radius 2 is 1.81 bits per heavy atom. The molecule has 8 heteroatoms. The van der Waals surface area contributed by atoms with E-state index in [2.05, 4.69) is 0 Å². The Hall–Kier alpha value is -0.820.